The van der Waals surface area contributed by atoms with Gasteiger partial charge in [0.1, 0.15) is 15.9 Å². The Morgan fingerprint density at radius 3 is 2.68 bits per heavy atom. The van der Waals surface area contributed by atoms with E-state index in [4.69, 9.17) is 4.74 Å². The van der Waals surface area contributed by atoms with E-state index in [2.05, 4.69) is 11.4 Å². The summed E-state index contributed by atoms with van der Waals surface area (Å²) < 4.78 is 4.70. The molecule has 5 nitrogen and oxygen atoms in total. The average Bonchev–Trinajstić information content (AvgIpc) is 3.12. The Balaban J connectivity index is 2.03. The molecule has 1 saturated carbocycles. The van der Waals surface area contributed by atoms with Crippen LogP contribution in [-0.2, 0) is 9.53 Å². The predicted octanol–water partition coefficient (Wildman–Crippen LogP) is 3.62. The van der Waals surface area contributed by atoms with Gasteiger partial charge in [0.2, 0.25) is 5.91 Å². The molecular formula is C16H20N2O3S. The highest BCUT2D eigenvalue weighted by molar-refractivity contribution is 7.18. The molecule has 0 bridgehead atoms. The summed E-state index contributed by atoms with van der Waals surface area (Å²) in [6.45, 7) is 1.69. The number of thiophene rings is 1. The molecule has 0 aromatic carbocycles. The summed E-state index contributed by atoms with van der Waals surface area (Å²) in [5.74, 6) is 0.0726. The number of anilines is 1. The number of hydrogen-bond acceptors (Lipinski definition) is 5. The molecule has 1 aliphatic rings. The van der Waals surface area contributed by atoms with Crippen molar-refractivity contribution in [2.24, 2.45) is 5.92 Å². The highest BCUT2D eigenvalue weighted by atomic mass is 32.1. The zero-order valence-electron chi connectivity index (χ0n) is 12.9. The Labute approximate surface area is 134 Å². The predicted molar refractivity (Wildman–Crippen MR) is 84.9 cm³/mol. The number of esters is 1. The van der Waals surface area contributed by atoms with Gasteiger partial charge >= 0.3 is 5.97 Å². The van der Waals surface area contributed by atoms with Gasteiger partial charge in [-0.2, -0.15) is 5.26 Å². The lowest BCUT2D eigenvalue weighted by atomic mass is 10.0. The molecule has 0 aliphatic heterocycles. The lowest BCUT2D eigenvalue weighted by Crippen LogP contribution is -2.12. The topological polar surface area (TPSA) is 79.2 Å². The van der Waals surface area contributed by atoms with Gasteiger partial charge in [-0.05, 0) is 24.8 Å². The standard InChI is InChI=1S/C16H20N2O3S/c1-10-12(9-17)15(22-14(10)16(20)21-2)18-13(19)8-7-11-5-3-4-6-11/h11H,3-8H2,1-2H3,(H,18,19). The SMILES string of the molecule is COC(=O)c1sc(NC(=O)CCC2CCCC2)c(C#N)c1C. The molecule has 1 fully saturated rings. The average molecular weight is 320 g/mol. The molecule has 0 saturated heterocycles. The summed E-state index contributed by atoms with van der Waals surface area (Å²) in [4.78, 5) is 24.1. The minimum absolute atomic E-state index is 0.0962. The number of nitrogens with one attached hydrogen (secondary N) is 1. The maximum Gasteiger partial charge on any atom is 0.348 e. The Morgan fingerprint density at radius 1 is 1.41 bits per heavy atom. The van der Waals surface area contributed by atoms with E-state index in [0.717, 1.165) is 17.8 Å². The number of nitrogens with zero attached hydrogens (tertiary/aromatic N) is 1. The maximum absolute atomic E-state index is 12.1. The van der Waals surface area contributed by atoms with Crippen molar-refractivity contribution in [1.29, 1.82) is 5.26 Å². The van der Waals surface area contributed by atoms with Gasteiger partial charge in [-0.25, -0.2) is 4.79 Å². The van der Waals surface area contributed by atoms with E-state index in [-0.39, 0.29) is 5.91 Å². The van der Waals surface area contributed by atoms with Crippen molar-refractivity contribution in [1.82, 2.24) is 0 Å². The zero-order chi connectivity index (χ0) is 16.1. The molecule has 1 heterocycles. The first-order valence-corrected chi connectivity index (χ1v) is 8.30. The molecule has 1 amide bonds. The molecule has 1 N–H and O–H groups in total. The van der Waals surface area contributed by atoms with Crippen LogP contribution in [0.15, 0.2) is 0 Å². The minimum Gasteiger partial charge on any atom is -0.465 e. The van der Waals surface area contributed by atoms with Crippen molar-refractivity contribution < 1.29 is 14.3 Å². The number of rotatable bonds is 5. The van der Waals surface area contributed by atoms with Crippen molar-refractivity contribution in [2.45, 2.75) is 45.4 Å². The monoisotopic (exact) mass is 320 g/mol. The fourth-order valence-electron chi connectivity index (χ4n) is 2.85. The van der Waals surface area contributed by atoms with Gasteiger partial charge in [-0.15, -0.1) is 11.3 Å². The number of carbonyl (C=O) groups excluding carboxylic acids is 2. The summed E-state index contributed by atoms with van der Waals surface area (Å²) in [6, 6.07) is 2.05. The second kappa shape index (κ2) is 7.41. The molecular weight excluding hydrogens is 300 g/mol. The summed E-state index contributed by atoms with van der Waals surface area (Å²) in [5, 5.41) is 12.5. The smallest absolute Gasteiger partial charge is 0.348 e. The number of methoxy groups -OCH3 is 1. The zero-order valence-corrected chi connectivity index (χ0v) is 13.7. The van der Waals surface area contributed by atoms with Crippen LogP contribution < -0.4 is 5.32 Å². The van der Waals surface area contributed by atoms with E-state index in [1.54, 1.807) is 6.92 Å². The molecule has 0 spiro atoms. The number of ether oxygens (including phenoxy) is 1. The van der Waals surface area contributed by atoms with Crippen LogP contribution in [0.4, 0.5) is 5.00 Å². The van der Waals surface area contributed by atoms with Gasteiger partial charge in [0, 0.05) is 6.42 Å². The fraction of sp³-hybridized carbons (Fsp3) is 0.562. The Kier molecular flexibility index (Phi) is 5.56. The molecule has 1 aromatic heterocycles. The van der Waals surface area contributed by atoms with E-state index >= 15 is 0 Å². The van der Waals surface area contributed by atoms with Crippen LogP contribution in [-0.4, -0.2) is 19.0 Å². The van der Waals surface area contributed by atoms with E-state index in [0.29, 0.717) is 33.3 Å². The van der Waals surface area contributed by atoms with Gasteiger partial charge in [-0.3, -0.25) is 4.79 Å². The van der Waals surface area contributed by atoms with E-state index in [1.807, 2.05) is 0 Å². The summed E-state index contributed by atoms with van der Waals surface area (Å²) >= 11 is 1.10. The van der Waals surface area contributed by atoms with Crippen molar-refractivity contribution >= 4 is 28.2 Å². The number of carbonyl (C=O) groups is 2. The van der Waals surface area contributed by atoms with Gasteiger partial charge in [-0.1, -0.05) is 25.7 Å². The third-order valence-corrected chi connectivity index (χ3v) is 5.32. The molecule has 22 heavy (non-hydrogen) atoms. The molecule has 118 valence electrons. The molecule has 1 aromatic rings. The van der Waals surface area contributed by atoms with Gasteiger partial charge in [0.25, 0.3) is 0 Å². The second-order valence-corrected chi connectivity index (χ2v) is 6.62. The second-order valence-electron chi connectivity index (χ2n) is 5.60. The van der Waals surface area contributed by atoms with E-state index in [1.165, 1.54) is 32.8 Å². The summed E-state index contributed by atoms with van der Waals surface area (Å²) in [7, 11) is 1.30. The quantitative estimate of drug-likeness (QED) is 0.840. The highest BCUT2D eigenvalue weighted by Gasteiger charge is 2.22. The molecule has 6 heteroatoms. The Morgan fingerprint density at radius 2 is 2.09 bits per heavy atom. The first-order chi connectivity index (χ1) is 10.6. The molecule has 0 radical (unpaired) electrons. The van der Waals surface area contributed by atoms with Gasteiger partial charge in [0.05, 0.1) is 12.7 Å². The summed E-state index contributed by atoms with van der Waals surface area (Å²) in [6.07, 6.45) is 6.29. The highest BCUT2D eigenvalue weighted by Crippen LogP contribution is 2.33. The van der Waals surface area contributed by atoms with Crippen LogP contribution in [0.2, 0.25) is 0 Å². The van der Waals surface area contributed by atoms with Crippen LogP contribution in [0, 0.1) is 24.2 Å². The Hall–Kier alpha value is -1.87. The normalized spacial score (nSPS) is 14.6. The molecule has 2 rings (SSSR count). The number of amides is 1. The van der Waals surface area contributed by atoms with Gasteiger partial charge < -0.3 is 10.1 Å². The number of nitriles is 1. The van der Waals surface area contributed by atoms with Crippen molar-refractivity contribution in [3.8, 4) is 6.07 Å². The van der Waals surface area contributed by atoms with Crippen LogP contribution >= 0.6 is 11.3 Å². The largest absolute Gasteiger partial charge is 0.465 e. The van der Waals surface area contributed by atoms with Crippen LogP contribution in [0.1, 0.15) is 59.3 Å². The van der Waals surface area contributed by atoms with Crippen molar-refractivity contribution in [3.05, 3.63) is 16.0 Å². The fourth-order valence-corrected chi connectivity index (χ4v) is 3.94. The third-order valence-electron chi connectivity index (χ3n) is 4.14. The third kappa shape index (κ3) is 3.66. The Bertz CT molecular complexity index is 610. The van der Waals surface area contributed by atoms with E-state index in [9.17, 15) is 14.9 Å². The van der Waals surface area contributed by atoms with E-state index < -0.39 is 5.97 Å². The first-order valence-electron chi connectivity index (χ1n) is 7.48. The van der Waals surface area contributed by atoms with Crippen molar-refractivity contribution in [2.75, 3.05) is 12.4 Å². The van der Waals surface area contributed by atoms with Crippen LogP contribution in [0.5, 0.6) is 0 Å². The molecule has 0 atom stereocenters. The lowest BCUT2D eigenvalue weighted by Gasteiger charge is -2.08. The number of hydrogen-bond donors (Lipinski definition) is 1. The van der Waals surface area contributed by atoms with Crippen LogP contribution in [0.3, 0.4) is 0 Å². The maximum atomic E-state index is 12.1. The van der Waals surface area contributed by atoms with Crippen molar-refractivity contribution in [3.63, 3.8) is 0 Å². The molecule has 0 unspecified atom stereocenters. The van der Waals surface area contributed by atoms with Gasteiger partial charge in [0.15, 0.2) is 0 Å². The molecule has 1 aliphatic carbocycles. The lowest BCUT2D eigenvalue weighted by molar-refractivity contribution is -0.116. The minimum atomic E-state index is -0.481. The summed E-state index contributed by atoms with van der Waals surface area (Å²) in [5.41, 5.74) is 0.907. The first kappa shape index (κ1) is 16.5. The van der Waals surface area contributed by atoms with Crippen LogP contribution in [0.25, 0.3) is 0 Å².